The van der Waals surface area contributed by atoms with E-state index >= 15 is 0 Å². The lowest BCUT2D eigenvalue weighted by Gasteiger charge is -2.07. The molecule has 1 aromatic rings. The van der Waals surface area contributed by atoms with Gasteiger partial charge in [-0.15, -0.1) is 0 Å². The third-order valence-electron chi connectivity index (χ3n) is 2.21. The average Bonchev–Trinajstić information content (AvgIpc) is 2.50. The molecule has 1 aliphatic heterocycles. The first-order chi connectivity index (χ1) is 7.08. The molecule has 1 atom stereocenters. The first-order valence-corrected chi connectivity index (χ1v) is 4.48. The van der Waals surface area contributed by atoms with E-state index in [-0.39, 0.29) is 11.5 Å². The number of amides is 1. The summed E-state index contributed by atoms with van der Waals surface area (Å²) in [7, 11) is 0. The van der Waals surface area contributed by atoms with Crippen LogP contribution in [0.5, 0.6) is 0 Å². The minimum atomic E-state index is -0.857. The maximum absolute atomic E-state index is 13.4. The van der Waals surface area contributed by atoms with Crippen LogP contribution < -0.4 is 11.1 Å². The summed E-state index contributed by atoms with van der Waals surface area (Å²) in [5.74, 6) is -0.804. The van der Waals surface area contributed by atoms with Crippen LogP contribution in [0.1, 0.15) is 17.2 Å². The van der Waals surface area contributed by atoms with E-state index in [9.17, 15) is 9.18 Å². The van der Waals surface area contributed by atoms with Gasteiger partial charge in [0.25, 0.3) is 5.91 Å². The summed E-state index contributed by atoms with van der Waals surface area (Å²) in [6.45, 7) is 1.82. The van der Waals surface area contributed by atoms with Gasteiger partial charge in [0.1, 0.15) is 5.82 Å². The molecular weight excluding hydrogens is 197 g/mol. The Morgan fingerprint density at radius 1 is 1.53 bits per heavy atom. The predicted octanol–water partition coefficient (Wildman–Crippen LogP) is 0.620. The second-order valence-corrected chi connectivity index (χ2v) is 3.43. The van der Waals surface area contributed by atoms with E-state index in [0.29, 0.717) is 0 Å². The molecule has 1 unspecified atom stereocenters. The Bertz CT molecular complexity index is 456. The number of rotatable bonds is 1. The Kier molecular flexibility index (Phi) is 2.15. The van der Waals surface area contributed by atoms with E-state index in [1.54, 1.807) is 12.1 Å². The molecule has 5 heteroatoms. The van der Waals surface area contributed by atoms with Crippen molar-refractivity contribution in [2.45, 2.75) is 13.0 Å². The largest absolute Gasteiger partial charge is 0.370 e. The Morgan fingerprint density at radius 3 is 2.87 bits per heavy atom. The van der Waals surface area contributed by atoms with Gasteiger partial charge < -0.3 is 5.73 Å². The van der Waals surface area contributed by atoms with E-state index in [0.717, 1.165) is 5.56 Å². The molecule has 2 rings (SSSR count). The monoisotopic (exact) mass is 207 g/mol. The van der Waals surface area contributed by atoms with Crippen LogP contribution in [0.3, 0.4) is 0 Å². The van der Waals surface area contributed by atoms with Gasteiger partial charge >= 0.3 is 0 Å². The molecule has 4 nitrogen and oxygen atoms in total. The van der Waals surface area contributed by atoms with Gasteiger partial charge in [0, 0.05) is 5.56 Å². The highest BCUT2D eigenvalue weighted by atomic mass is 19.1. The fourth-order valence-electron chi connectivity index (χ4n) is 1.51. The van der Waals surface area contributed by atoms with Gasteiger partial charge in [-0.3, -0.25) is 10.1 Å². The highest BCUT2D eigenvalue weighted by Crippen LogP contribution is 2.24. The number of guanidine groups is 1. The van der Waals surface area contributed by atoms with Gasteiger partial charge in [0.05, 0.1) is 0 Å². The number of nitrogens with two attached hydrogens (primary N) is 1. The van der Waals surface area contributed by atoms with Crippen molar-refractivity contribution in [3.63, 3.8) is 0 Å². The van der Waals surface area contributed by atoms with Gasteiger partial charge in [-0.2, -0.15) is 0 Å². The topological polar surface area (TPSA) is 67.5 Å². The van der Waals surface area contributed by atoms with Crippen LogP contribution in [0.15, 0.2) is 23.2 Å². The van der Waals surface area contributed by atoms with Crippen molar-refractivity contribution >= 4 is 11.9 Å². The summed E-state index contributed by atoms with van der Waals surface area (Å²) in [5.41, 5.74) is 6.47. The molecule has 1 aromatic carbocycles. The fraction of sp³-hybridized carbons (Fsp3) is 0.200. The molecule has 0 aromatic heterocycles. The van der Waals surface area contributed by atoms with Crippen molar-refractivity contribution < 1.29 is 9.18 Å². The van der Waals surface area contributed by atoms with Gasteiger partial charge in [-0.25, -0.2) is 9.38 Å². The van der Waals surface area contributed by atoms with Crippen LogP contribution in [-0.2, 0) is 4.79 Å². The minimum Gasteiger partial charge on any atom is -0.370 e. The van der Waals surface area contributed by atoms with E-state index in [2.05, 4.69) is 10.3 Å². The number of aryl methyl sites for hydroxylation is 1. The maximum atomic E-state index is 13.4. The van der Waals surface area contributed by atoms with Crippen LogP contribution in [0.4, 0.5) is 4.39 Å². The average molecular weight is 207 g/mol. The highest BCUT2D eigenvalue weighted by molar-refractivity contribution is 6.04. The zero-order valence-corrected chi connectivity index (χ0v) is 8.12. The molecule has 0 bridgehead atoms. The Hall–Kier alpha value is -1.91. The standard InChI is InChI=1S/C10H10FN3O/c1-5-2-3-7(11)6(4-5)8-9(15)14-10(12)13-8/h2-4,8H,1H3,(H3,12,13,14,15). The normalized spacial score (nSPS) is 20.0. The summed E-state index contributed by atoms with van der Waals surface area (Å²) < 4.78 is 13.4. The number of nitrogens with zero attached hydrogens (tertiary/aromatic N) is 1. The summed E-state index contributed by atoms with van der Waals surface area (Å²) in [6, 6.07) is 3.70. The lowest BCUT2D eigenvalue weighted by molar-refractivity contribution is -0.120. The summed E-state index contributed by atoms with van der Waals surface area (Å²) in [6.07, 6.45) is 0. The Balaban J connectivity index is 2.45. The second kappa shape index (κ2) is 3.34. The Labute approximate surface area is 86.0 Å². The third-order valence-corrected chi connectivity index (χ3v) is 2.21. The fourth-order valence-corrected chi connectivity index (χ4v) is 1.51. The van der Waals surface area contributed by atoms with E-state index in [1.807, 2.05) is 6.92 Å². The smallest absolute Gasteiger partial charge is 0.256 e. The van der Waals surface area contributed by atoms with Crippen molar-refractivity contribution in [2.24, 2.45) is 10.7 Å². The molecule has 0 spiro atoms. The van der Waals surface area contributed by atoms with Crippen molar-refractivity contribution in [3.8, 4) is 0 Å². The quantitative estimate of drug-likeness (QED) is 0.708. The van der Waals surface area contributed by atoms with Gasteiger partial charge in [0.15, 0.2) is 12.0 Å². The predicted molar refractivity (Wildman–Crippen MR) is 53.6 cm³/mol. The van der Waals surface area contributed by atoms with Gasteiger partial charge in [0.2, 0.25) is 0 Å². The van der Waals surface area contributed by atoms with E-state index in [4.69, 9.17) is 5.73 Å². The molecule has 1 heterocycles. The third kappa shape index (κ3) is 1.68. The van der Waals surface area contributed by atoms with E-state index in [1.165, 1.54) is 6.07 Å². The molecule has 1 amide bonds. The number of hydrogen-bond donors (Lipinski definition) is 2. The van der Waals surface area contributed by atoms with Crippen LogP contribution >= 0.6 is 0 Å². The zero-order valence-electron chi connectivity index (χ0n) is 8.12. The van der Waals surface area contributed by atoms with Crippen molar-refractivity contribution in [1.29, 1.82) is 0 Å². The number of halogens is 1. The highest BCUT2D eigenvalue weighted by Gasteiger charge is 2.28. The maximum Gasteiger partial charge on any atom is 0.256 e. The number of nitrogens with one attached hydrogen (secondary N) is 1. The molecule has 1 aliphatic rings. The molecule has 0 saturated heterocycles. The van der Waals surface area contributed by atoms with Crippen molar-refractivity contribution in [2.75, 3.05) is 0 Å². The van der Waals surface area contributed by atoms with Crippen molar-refractivity contribution in [3.05, 3.63) is 35.1 Å². The summed E-state index contributed by atoms with van der Waals surface area (Å²) in [5, 5.41) is 2.33. The Morgan fingerprint density at radius 2 is 2.27 bits per heavy atom. The van der Waals surface area contributed by atoms with Crippen LogP contribution in [-0.4, -0.2) is 11.9 Å². The summed E-state index contributed by atoms with van der Waals surface area (Å²) in [4.78, 5) is 15.2. The molecule has 78 valence electrons. The van der Waals surface area contributed by atoms with Gasteiger partial charge in [-0.1, -0.05) is 17.7 Å². The van der Waals surface area contributed by atoms with Gasteiger partial charge in [-0.05, 0) is 13.0 Å². The van der Waals surface area contributed by atoms with Crippen LogP contribution in [0, 0.1) is 12.7 Å². The molecule has 0 fully saturated rings. The number of benzene rings is 1. The lowest BCUT2D eigenvalue weighted by atomic mass is 10.0. The molecule has 15 heavy (non-hydrogen) atoms. The molecule has 0 radical (unpaired) electrons. The number of hydrogen-bond acceptors (Lipinski definition) is 3. The number of carbonyl (C=O) groups excluding carboxylic acids is 1. The molecule has 0 aliphatic carbocycles. The van der Waals surface area contributed by atoms with E-state index < -0.39 is 17.8 Å². The van der Waals surface area contributed by atoms with Crippen LogP contribution in [0.25, 0.3) is 0 Å². The molecule has 3 N–H and O–H groups in total. The van der Waals surface area contributed by atoms with Crippen LogP contribution in [0.2, 0.25) is 0 Å². The number of aliphatic imine (C=N–C) groups is 1. The number of carbonyl (C=O) groups is 1. The first-order valence-electron chi connectivity index (χ1n) is 4.48. The first kappa shape index (κ1) is 9.64. The molecule has 0 saturated carbocycles. The van der Waals surface area contributed by atoms with Crippen molar-refractivity contribution in [1.82, 2.24) is 5.32 Å². The molecular formula is C10H10FN3O. The second-order valence-electron chi connectivity index (χ2n) is 3.43. The lowest BCUT2D eigenvalue weighted by Crippen LogP contribution is -2.31. The SMILES string of the molecule is Cc1ccc(F)c(C2N=C(N)NC2=O)c1. The minimum absolute atomic E-state index is 0.0332. The summed E-state index contributed by atoms with van der Waals surface area (Å²) >= 11 is 0. The zero-order chi connectivity index (χ0) is 11.0.